The highest BCUT2D eigenvalue weighted by Crippen LogP contribution is 2.27. The SMILES string of the molecule is CCc1cc(CC)n(-c2ccc(CN)c(Br)c2F)n1. The highest BCUT2D eigenvalue weighted by molar-refractivity contribution is 9.10. The summed E-state index contributed by atoms with van der Waals surface area (Å²) in [7, 11) is 0. The zero-order valence-corrected chi connectivity index (χ0v) is 12.7. The van der Waals surface area contributed by atoms with Gasteiger partial charge in [0.25, 0.3) is 0 Å². The van der Waals surface area contributed by atoms with E-state index in [2.05, 4.69) is 21.0 Å². The third kappa shape index (κ3) is 2.58. The molecule has 102 valence electrons. The van der Waals surface area contributed by atoms with Crippen LogP contribution < -0.4 is 5.73 Å². The fourth-order valence-electron chi connectivity index (χ4n) is 2.01. The van der Waals surface area contributed by atoms with Crippen LogP contribution in [0.3, 0.4) is 0 Å². The van der Waals surface area contributed by atoms with Crippen LogP contribution in [0, 0.1) is 5.82 Å². The minimum atomic E-state index is -0.316. The lowest BCUT2D eigenvalue weighted by Gasteiger charge is -2.10. The van der Waals surface area contributed by atoms with Crippen molar-refractivity contribution in [1.29, 1.82) is 0 Å². The fraction of sp³-hybridized carbons (Fsp3) is 0.357. The van der Waals surface area contributed by atoms with E-state index < -0.39 is 0 Å². The van der Waals surface area contributed by atoms with Crippen LogP contribution in [0.25, 0.3) is 5.69 Å². The van der Waals surface area contributed by atoms with E-state index >= 15 is 0 Å². The molecule has 0 fully saturated rings. The zero-order chi connectivity index (χ0) is 14.0. The summed E-state index contributed by atoms with van der Waals surface area (Å²) in [6.07, 6.45) is 1.65. The van der Waals surface area contributed by atoms with E-state index in [1.807, 2.05) is 26.0 Å². The number of hydrogen-bond donors (Lipinski definition) is 1. The molecule has 19 heavy (non-hydrogen) atoms. The normalized spacial score (nSPS) is 11.0. The predicted molar refractivity (Wildman–Crippen MR) is 77.9 cm³/mol. The molecule has 5 heteroatoms. The summed E-state index contributed by atoms with van der Waals surface area (Å²) >= 11 is 3.26. The molecule has 2 N–H and O–H groups in total. The van der Waals surface area contributed by atoms with E-state index in [4.69, 9.17) is 5.73 Å². The van der Waals surface area contributed by atoms with E-state index in [9.17, 15) is 4.39 Å². The van der Waals surface area contributed by atoms with Gasteiger partial charge in [-0.1, -0.05) is 19.9 Å². The van der Waals surface area contributed by atoms with Crippen molar-refractivity contribution in [3.63, 3.8) is 0 Å². The third-order valence-electron chi connectivity index (χ3n) is 3.15. The molecule has 0 unspecified atom stereocenters. The molecular weight excluding hydrogens is 309 g/mol. The van der Waals surface area contributed by atoms with Crippen LogP contribution in [-0.4, -0.2) is 9.78 Å². The van der Waals surface area contributed by atoms with Gasteiger partial charge >= 0.3 is 0 Å². The quantitative estimate of drug-likeness (QED) is 0.936. The van der Waals surface area contributed by atoms with E-state index in [1.165, 1.54) is 0 Å². The average molecular weight is 326 g/mol. The lowest BCUT2D eigenvalue weighted by Crippen LogP contribution is -2.07. The van der Waals surface area contributed by atoms with Gasteiger partial charge in [-0.15, -0.1) is 0 Å². The Hall–Kier alpha value is -1.20. The number of halogens is 2. The summed E-state index contributed by atoms with van der Waals surface area (Å²) in [5.74, 6) is -0.316. The molecule has 0 bridgehead atoms. The molecule has 0 saturated heterocycles. The van der Waals surface area contributed by atoms with Crippen LogP contribution in [0.2, 0.25) is 0 Å². The molecule has 0 atom stereocenters. The highest BCUT2D eigenvalue weighted by atomic mass is 79.9. The summed E-state index contributed by atoms with van der Waals surface area (Å²) in [5, 5.41) is 4.45. The molecule has 3 nitrogen and oxygen atoms in total. The number of nitrogens with two attached hydrogens (primary N) is 1. The summed E-state index contributed by atoms with van der Waals surface area (Å²) in [6, 6.07) is 5.58. The Labute approximate surface area is 120 Å². The van der Waals surface area contributed by atoms with E-state index in [-0.39, 0.29) is 5.82 Å². The minimum Gasteiger partial charge on any atom is -0.326 e. The molecule has 1 aromatic carbocycles. The number of nitrogens with zero attached hydrogens (tertiary/aromatic N) is 2. The third-order valence-corrected chi connectivity index (χ3v) is 4.01. The summed E-state index contributed by atoms with van der Waals surface area (Å²) in [4.78, 5) is 0. The molecule has 0 aliphatic heterocycles. The number of aryl methyl sites for hydroxylation is 2. The Balaban J connectivity index is 2.59. The zero-order valence-electron chi connectivity index (χ0n) is 11.1. The van der Waals surface area contributed by atoms with Crippen LogP contribution >= 0.6 is 15.9 Å². The predicted octanol–water partition coefficient (Wildman–Crippen LogP) is 3.36. The van der Waals surface area contributed by atoms with Crippen LogP contribution in [0.5, 0.6) is 0 Å². The standard InChI is InChI=1S/C14H17BrFN3/c1-3-10-7-11(4-2)19(18-10)12-6-5-9(8-17)13(15)14(12)16/h5-7H,3-4,8,17H2,1-2H3. The lowest BCUT2D eigenvalue weighted by atomic mass is 10.2. The van der Waals surface area contributed by atoms with Crippen LogP contribution in [-0.2, 0) is 19.4 Å². The van der Waals surface area contributed by atoms with Crippen molar-refractivity contribution in [3.05, 3.63) is 45.4 Å². The van der Waals surface area contributed by atoms with Crippen molar-refractivity contribution < 1.29 is 4.39 Å². The molecule has 2 rings (SSSR count). The van der Waals surface area contributed by atoms with Gasteiger partial charge in [0, 0.05) is 12.2 Å². The van der Waals surface area contributed by atoms with Gasteiger partial charge < -0.3 is 5.73 Å². The van der Waals surface area contributed by atoms with Gasteiger partial charge in [-0.2, -0.15) is 5.10 Å². The minimum absolute atomic E-state index is 0.303. The second-order valence-corrected chi connectivity index (χ2v) is 5.11. The van der Waals surface area contributed by atoms with Gasteiger partial charge in [-0.3, -0.25) is 0 Å². The Bertz CT molecular complexity index is 593. The number of rotatable bonds is 4. The Morgan fingerprint density at radius 2 is 2.05 bits per heavy atom. The van der Waals surface area contributed by atoms with Gasteiger partial charge in [-0.25, -0.2) is 9.07 Å². The van der Waals surface area contributed by atoms with Crippen LogP contribution in [0.4, 0.5) is 4.39 Å². The van der Waals surface area contributed by atoms with Gasteiger partial charge in [0.2, 0.25) is 0 Å². The highest BCUT2D eigenvalue weighted by Gasteiger charge is 2.15. The maximum Gasteiger partial charge on any atom is 0.163 e. The molecule has 1 aromatic heterocycles. The van der Waals surface area contributed by atoms with Crippen molar-refractivity contribution in [1.82, 2.24) is 9.78 Å². The summed E-state index contributed by atoms with van der Waals surface area (Å²) in [6.45, 7) is 4.38. The first-order chi connectivity index (χ1) is 9.12. The van der Waals surface area contributed by atoms with E-state index in [1.54, 1.807) is 10.7 Å². The number of hydrogen-bond acceptors (Lipinski definition) is 2. The maximum absolute atomic E-state index is 14.4. The second kappa shape index (κ2) is 5.84. The Morgan fingerprint density at radius 3 is 2.63 bits per heavy atom. The summed E-state index contributed by atoms with van der Waals surface area (Å²) < 4.78 is 16.5. The maximum atomic E-state index is 14.4. The molecule has 0 aliphatic rings. The molecule has 2 aromatic rings. The largest absolute Gasteiger partial charge is 0.326 e. The van der Waals surface area contributed by atoms with Gasteiger partial charge in [0.05, 0.1) is 10.2 Å². The number of aromatic nitrogens is 2. The van der Waals surface area contributed by atoms with E-state index in [0.29, 0.717) is 16.7 Å². The fourth-order valence-corrected chi connectivity index (χ4v) is 2.51. The molecule has 0 aliphatic carbocycles. The monoisotopic (exact) mass is 325 g/mol. The van der Waals surface area contributed by atoms with Gasteiger partial charge in [0.1, 0.15) is 5.69 Å². The van der Waals surface area contributed by atoms with E-state index in [0.717, 1.165) is 29.8 Å². The smallest absolute Gasteiger partial charge is 0.163 e. The topological polar surface area (TPSA) is 43.8 Å². The Kier molecular flexibility index (Phi) is 4.37. The first-order valence-corrected chi connectivity index (χ1v) is 7.16. The molecule has 0 radical (unpaired) electrons. The van der Waals surface area contributed by atoms with Crippen molar-refractivity contribution in [2.24, 2.45) is 5.73 Å². The second-order valence-electron chi connectivity index (χ2n) is 4.32. The molecule has 1 heterocycles. The van der Waals surface area contributed by atoms with Crippen molar-refractivity contribution in [3.8, 4) is 5.69 Å². The number of benzene rings is 1. The van der Waals surface area contributed by atoms with Gasteiger partial charge in [0.15, 0.2) is 5.82 Å². The molecular formula is C14H17BrFN3. The molecule has 0 amide bonds. The van der Waals surface area contributed by atoms with Crippen molar-refractivity contribution >= 4 is 15.9 Å². The molecule has 0 saturated carbocycles. The van der Waals surface area contributed by atoms with Crippen molar-refractivity contribution in [2.75, 3.05) is 0 Å². The lowest BCUT2D eigenvalue weighted by molar-refractivity contribution is 0.597. The van der Waals surface area contributed by atoms with Gasteiger partial charge in [-0.05, 0) is 46.5 Å². The Morgan fingerprint density at radius 1 is 1.32 bits per heavy atom. The first-order valence-electron chi connectivity index (χ1n) is 6.37. The summed E-state index contributed by atoms with van der Waals surface area (Å²) in [5.41, 5.74) is 8.75. The van der Waals surface area contributed by atoms with Crippen molar-refractivity contribution in [2.45, 2.75) is 33.2 Å². The first kappa shape index (κ1) is 14.2. The average Bonchev–Trinajstić information content (AvgIpc) is 2.85. The van der Waals surface area contributed by atoms with Crippen LogP contribution in [0.15, 0.2) is 22.7 Å². The molecule has 0 spiro atoms. The van der Waals surface area contributed by atoms with Crippen LogP contribution in [0.1, 0.15) is 30.8 Å².